The summed E-state index contributed by atoms with van der Waals surface area (Å²) in [5.41, 5.74) is -2.51. The monoisotopic (exact) mass is 236 g/mol. The van der Waals surface area contributed by atoms with Gasteiger partial charge in [-0.25, -0.2) is 9.18 Å². The smallest absolute Gasteiger partial charge is 0.346 e. The van der Waals surface area contributed by atoms with E-state index >= 15 is 0 Å². The van der Waals surface area contributed by atoms with E-state index in [-0.39, 0.29) is 6.61 Å². The minimum atomic E-state index is -2.51. The lowest BCUT2D eigenvalue weighted by molar-refractivity contribution is -0.181. The van der Waals surface area contributed by atoms with E-state index in [4.69, 9.17) is 9.47 Å². The lowest BCUT2D eigenvalue weighted by Crippen LogP contribution is -2.51. The van der Waals surface area contributed by atoms with Crippen LogP contribution in [0.3, 0.4) is 0 Å². The Morgan fingerprint density at radius 1 is 1.69 bits per heavy atom. The maximum Gasteiger partial charge on any atom is 0.346 e. The van der Waals surface area contributed by atoms with Crippen LogP contribution in [0, 0.1) is 0 Å². The fourth-order valence-corrected chi connectivity index (χ4v) is 1.54. The summed E-state index contributed by atoms with van der Waals surface area (Å²) in [7, 11) is 1.06. The second-order valence-electron chi connectivity index (χ2n) is 4.38. The molecule has 1 N–H and O–H groups in total. The Labute approximate surface area is 93.5 Å². The van der Waals surface area contributed by atoms with Gasteiger partial charge in [0.2, 0.25) is 5.67 Å². The molecule has 0 aliphatic carbocycles. The minimum absolute atomic E-state index is 0.0324. The van der Waals surface area contributed by atoms with E-state index in [1.165, 1.54) is 0 Å². The maximum atomic E-state index is 13.9. The molecule has 1 fully saturated rings. The lowest BCUT2D eigenvalue weighted by Gasteiger charge is -2.27. The number of aliphatic hydroxyl groups is 1. The zero-order valence-corrected chi connectivity index (χ0v) is 9.82. The molecule has 0 saturated carbocycles. The van der Waals surface area contributed by atoms with Crippen molar-refractivity contribution in [2.24, 2.45) is 0 Å². The van der Waals surface area contributed by atoms with Crippen LogP contribution in [0.15, 0.2) is 0 Å². The molecule has 3 atom stereocenters. The number of alkyl halides is 1. The largest absolute Gasteiger partial charge is 0.467 e. The van der Waals surface area contributed by atoms with E-state index < -0.39 is 29.6 Å². The average molecular weight is 236 g/mol. The Hall–Kier alpha value is -0.720. The summed E-state index contributed by atoms with van der Waals surface area (Å²) in [4.78, 5) is 11.1. The highest BCUT2D eigenvalue weighted by Gasteiger charge is 2.50. The summed E-state index contributed by atoms with van der Waals surface area (Å²) in [6, 6.07) is 0. The van der Waals surface area contributed by atoms with E-state index in [0.29, 0.717) is 0 Å². The Balaban J connectivity index is 2.71. The van der Waals surface area contributed by atoms with Crippen molar-refractivity contribution < 1.29 is 28.5 Å². The quantitative estimate of drug-likeness (QED) is 0.718. The van der Waals surface area contributed by atoms with E-state index in [2.05, 4.69) is 4.74 Å². The van der Waals surface area contributed by atoms with Gasteiger partial charge in [0.15, 0.2) is 5.79 Å². The van der Waals surface area contributed by atoms with Crippen molar-refractivity contribution in [1.82, 2.24) is 0 Å². The van der Waals surface area contributed by atoms with Gasteiger partial charge in [-0.1, -0.05) is 0 Å². The first-order chi connectivity index (χ1) is 7.20. The number of methoxy groups -OCH3 is 1. The van der Waals surface area contributed by atoms with Crippen LogP contribution in [0.1, 0.15) is 20.8 Å². The number of carbonyl (C=O) groups is 1. The van der Waals surface area contributed by atoms with Crippen molar-refractivity contribution in [3.05, 3.63) is 0 Å². The van der Waals surface area contributed by atoms with Crippen LogP contribution in [-0.2, 0) is 19.0 Å². The number of hydrogen-bond acceptors (Lipinski definition) is 5. The van der Waals surface area contributed by atoms with Gasteiger partial charge in [-0.2, -0.15) is 0 Å². The van der Waals surface area contributed by atoms with Gasteiger partial charge < -0.3 is 19.3 Å². The Bertz CT molecular complexity index is 276. The molecule has 1 heterocycles. The zero-order chi connectivity index (χ0) is 12.6. The molecule has 0 spiro atoms. The van der Waals surface area contributed by atoms with Crippen LogP contribution in [0.25, 0.3) is 0 Å². The van der Waals surface area contributed by atoms with Crippen LogP contribution in [0.4, 0.5) is 4.39 Å². The second kappa shape index (κ2) is 4.27. The van der Waals surface area contributed by atoms with Gasteiger partial charge in [0.05, 0.1) is 13.7 Å². The molecule has 5 nitrogen and oxygen atoms in total. The van der Waals surface area contributed by atoms with Crippen molar-refractivity contribution in [2.45, 2.75) is 44.4 Å². The van der Waals surface area contributed by atoms with Gasteiger partial charge in [0.1, 0.15) is 12.2 Å². The predicted molar refractivity (Wildman–Crippen MR) is 52.4 cm³/mol. The summed E-state index contributed by atoms with van der Waals surface area (Å²) >= 11 is 0. The van der Waals surface area contributed by atoms with E-state index in [9.17, 15) is 14.3 Å². The molecule has 0 aromatic rings. The van der Waals surface area contributed by atoms with Gasteiger partial charge in [-0.15, -0.1) is 0 Å². The molecule has 1 saturated heterocycles. The molecule has 6 heteroatoms. The number of carbonyl (C=O) groups excluding carboxylic acids is 1. The molecule has 1 aliphatic rings. The van der Waals surface area contributed by atoms with Gasteiger partial charge in [0.25, 0.3) is 0 Å². The maximum absolute atomic E-state index is 13.9. The van der Waals surface area contributed by atoms with Gasteiger partial charge >= 0.3 is 5.97 Å². The molecule has 1 aliphatic heterocycles. The van der Waals surface area contributed by atoms with Crippen LogP contribution in [0.5, 0.6) is 0 Å². The summed E-state index contributed by atoms with van der Waals surface area (Å²) < 4.78 is 28.7. The van der Waals surface area contributed by atoms with Gasteiger partial charge in [0, 0.05) is 0 Å². The molecule has 0 aromatic carbocycles. The first-order valence-corrected chi connectivity index (χ1v) is 4.98. The van der Waals surface area contributed by atoms with Crippen LogP contribution < -0.4 is 0 Å². The molecule has 1 rings (SSSR count). The van der Waals surface area contributed by atoms with Crippen molar-refractivity contribution >= 4 is 5.97 Å². The molecular weight excluding hydrogens is 219 g/mol. The minimum Gasteiger partial charge on any atom is -0.467 e. The van der Waals surface area contributed by atoms with Crippen LogP contribution in [-0.4, -0.2) is 48.5 Å². The van der Waals surface area contributed by atoms with Crippen molar-refractivity contribution in [1.29, 1.82) is 0 Å². The topological polar surface area (TPSA) is 65.0 Å². The summed E-state index contributed by atoms with van der Waals surface area (Å²) in [5.74, 6) is -2.01. The lowest BCUT2D eigenvalue weighted by atomic mass is 9.97. The van der Waals surface area contributed by atoms with Gasteiger partial charge in [-0.3, -0.25) is 0 Å². The average Bonchev–Trinajstić information content (AvgIpc) is 2.56. The molecule has 0 bridgehead atoms. The number of rotatable bonds is 3. The molecule has 0 aromatic heterocycles. The molecule has 94 valence electrons. The molecule has 16 heavy (non-hydrogen) atoms. The second-order valence-corrected chi connectivity index (χ2v) is 4.38. The fourth-order valence-electron chi connectivity index (χ4n) is 1.54. The number of ether oxygens (including phenoxy) is 3. The number of hydrogen-bond donors (Lipinski definition) is 1. The summed E-state index contributed by atoms with van der Waals surface area (Å²) in [6.45, 7) is 4.28. The highest BCUT2D eigenvalue weighted by atomic mass is 19.1. The SMILES string of the molecule is COC(=O)[C@@](C)(F)[C@@H](O)[C@H]1COC(C)(C)O1. The zero-order valence-electron chi connectivity index (χ0n) is 9.82. The standard InChI is InChI=1S/C10H17FO5/c1-9(2)15-5-6(16-9)7(12)10(3,11)8(13)14-4/h6-7,12H,5H2,1-4H3/t6-,7+,10+/m1/s1. The van der Waals surface area contributed by atoms with Gasteiger partial charge in [-0.05, 0) is 20.8 Å². The molecular formula is C10H17FO5. The summed E-state index contributed by atoms with van der Waals surface area (Å²) in [5, 5.41) is 9.73. The third kappa shape index (κ3) is 2.50. The van der Waals surface area contributed by atoms with E-state index in [1.807, 2.05) is 0 Å². The first kappa shape index (κ1) is 13.3. The normalized spacial score (nSPS) is 29.5. The molecule has 0 unspecified atom stereocenters. The van der Waals surface area contributed by atoms with Crippen molar-refractivity contribution in [3.63, 3.8) is 0 Å². The Morgan fingerprint density at radius 2 is 2.25 bits per heavy atom. The Morgan fingerprint density at radius 3 is 2.62 bits per heavy atom. The van der Waals surface area contributed by atoms with Crippen molar-refractivity contribution in [2.75, 3.05) is 13.7 Å². The van der Waals surface area contributed by atoms with Crippen LogP contribution >= 0.6 is 0 Å². The fraction of sp³-hybridized carbons (Fsp3) is 0.900. The molecule has 0 amide bonds. The van der Waals surface area contributed by atoms with E-state index in [0.717, 1.165) is 14.0 Å². The molecule has 0 radical (unpaired) electrons. The first-order valence-electron chi connectivity index (χ1n) is 4.98. The number of aliphatic hydroxyl groups excluding tert-OH is 1. The predicted octanol–water partition coefficient (Wildman–Crippen LogP) is 0.400. The Kier molecular flexibility index (Phi) is 3.56. The van der Waals surface area contributed by atoms with Crippen molar-refractivity contribution in [3.8, 4) is 0 Å². The highest BCUT2D eigenvalue weighted by molar-refractivity contribution is 5.79. The number of esters is 1. The van der Waals surface area contributed by atoms with E-state index in [1.54, 1.807) is 13.8 Å². The summed E-state index contributed by atoms with van der Waals surface area (Å²) in [6.07, 6.45) is -2.51. The highest BCUT2D eigenvalue weighted by Crippen LogP contribution is 2.30. The van der Waals surface area contributed by atoms with Crippen LogP contribution in [0.2, 0.25) is 0 Å². The third-order valence-electron chi connectivity index (χ3n) is 2.52. The number of halogens is 1. The third-order valence-corrected chi connectivity index (χ3v) is 2.52.